The molecule has 1 saturated carbocycles. The molecule has 0 aromatic carbocycles. The lowest BCUT2D eigenvalue weighted by Crippen LogP contribution is -2.32. The van der Waals surface area contributed by atoms with Crippen molar-refractivity contribution >= 4 is 6.98 Å². The molecule has 0 aliphatic heterocycles. The van der Waals surface area contributed by atoms with Gasteiger partial charge in [-0.1, -0.05) is 19.8 Å². The summed E-state index contributed by atoms with van der Waals surface area (Å²) in [5.74, 6) is 0.284. The molecule has 78 valence electrons. The van der Waals surface area contributed by atoms with E-state index >= 15 is 0 Å². The third-order valence-electron chi connectivity index (χ3n) is 2.53. The fourth-order valence-electron chi connectivity index (χ4n) is 1.76. The average molecular weight is 195 g/mol. The molecule has 0 saturated heterocycles. The van der Waals surface area contributed by atoms with E-state index in [4.69, 9.17) is 4.74 Å². The van der Waals surface area contributed by atoms with Crippen molar-refractivity contribution in [3.05, 3.63) is 0 Å². The molecule has 1 aliphatic rings. The van der Waals surface area contributed by atoms with E-state index in [9.17, 15) is 12.9 Å². The fraction of sp³-hybridized carbons (Fsp3) is 1.00. The minimum Gasteiger partial charge on any atom is -0.447 e. The van der Waals surface area contributed by atoms with Crippen LogP contribution >= 0.6 is 0 Å². The first kappa shape index (κ1) is 10.9. The second kappa shape index (κ2) is 4.35. The molecule has 2 unspecified atom stereocenters. The van der Waals surface area contributed by atoms with Crippen LogP contribution in [0.2, 0.25) is 0 Å². The van der Waals surface area contributed by atoms with E-state index in [1.165, 1.54) is 0 Å². The first-order valence-corrected chi connectivity index (χ1v) is 4.81. The van der Waals surface area contributed by atoms with Gasteiger partial charge in [0.1, 0.15) is 0 Å². The topological polar surface area (TPSA) is 9.23 Å². The molecule has 1 rings (SSSR count). The van der Waals surface area contributed by atoms with Crippen LogP contribution in [0.15, 0.2) is 0 Å². The summed E-state index contributed by atoms with van der Waals surface area (Å²) in [5.41, 5.74) is 0. The first-order chi connectivity index (χ1) is 5.99. The maximum atomic E-state index is 11.9. The van der Waals surface area contributed by atoms with Crippen molar-refractivity contribution in [1.82, 2.24) is 0 Å². The Morgan fingerprint density at radius 2 is 1.85 bits per heavy atom. The molecular formula is C8H15BF3O-. The van der Waals surface area contributed by atoms with Crippen LogP contribution in [0, 0.1) is 5.92 Å². The molecular weight excluding hydrogens is 180 g/mol. The lowest BCUT2D eigenvalue weighted by Gasteiger charge is -2.30. The lowest BCUT2D eigenvalue weighted by atomic mass is 9.87. The molecule has 0 aromatic heterocycles. The lowest BCUT2D eigenvalue weighted by molar-refractivity contribution is 0.00770. The highest BCUT2D eigenvalue weighted by Crippen LogP contribution is 2.27. The molecule has 1 nitrogen and oxygen atoms in total. The quantitative estimate of drug-likeness (QED) is 0.629. The molecule has 1 aliphatic carbocycles. The highest BCUT2D eigenvalue weighted by Gasteiger charge is 2.28. The normalized spacial score (nSPS) is 30.5. The van der Waals surface area contributed by atoms with Gasteiger partial charge in [0.05, 0.1) is 6.10 Å². The van der Waals surface area contributed by atoms with E-state index in [0.717, 1.165) is 25.7 Å². The second-order valence-electron chi connectivity index (χ2n) is 3.84. The molecule has 0 heterocycles. The average Bonchev–Trinajstić information content (AvgIpc) is 2.01. The summed E-state index contributed by atoms with van der Waals surface area (Å²) < 4.78 is 40.5. The van der Waals surface area contributed by atoms with Gasteiger partial charge in [-0.25, -0.2) is 0 Å². The Morgan fingerprint density at radius 1 is 1.23 bits per heavy atom. The Balaban J connectivity index is 2.27. The van der Waals surface area contributed by atoms with E-state index in [0.29, 0.717) is 0 Å². The summed E-state index contributed by atoms with van der Waals surface area (Å²) >= 11 is 0. The number of ether oxygens (including phenoxy) is 1. The monoisotopic (exact) mass is 195 g/mol. The van der Waals surface area contributed by atoms with E-state index < -0.39 is 13.5 Å². The van der Waals surface area contributed by atoms with Gasteiger partial charge in [0, 0.05) is 6.51 Å². The number of hydrogen-bond donors (Lipinski definition) is 0. The van der Waals surface area contributed by atoms with Gasteiger partial charge in [0.15, 0.2) is 0 Å². The van der Waals surface area contributed by atoms with E-state index in [1.54, 1.807) is 0 Å². The molecule has 5 heteroatoms. The Labute approximate surface area is 76.7 Å². The number of halogens is 3. The predicted octanol–water partition coefficient (Wildman–Crippen LogP) is 2.97. The summed E-state index contributed by atoms with van der Waals surface area (Å²) in [6.07, 6.45) is 3.73. The van der Waals surface area contributed by atoms with Gasteiger partial charge in [-0.05, 0) is 18.8 Å². The number of hydrogen-bond acceptors (Lipinski definition) is 1. The van der Waals surface area contributed by atoms with Crippen LogP contribution in [0.25, 0.3) is 0 Å². The van der Waals surface area contributed by atoms with Crippen LogP contribution in [0.3, 0.4) is 0 Å². The van der Waals surface area contributed by atoms with Crippen molar-refractivity contribution in [2.75, 3.05) is 6.51 Å². The van der Waals surface area contributed by atoms with E-state index in [-0.39, 0.29) is 12.0 Å². The smallest absolute Gasteiger partial charge is 0.447 e. The zero-order chi connectivity index (χ0) is 9.90. The van der Waals surface area contributed by atoms with Gasteiger partial charge in [0.2, 0.25) is 0 Å². The van der Waals surface area contributed by atoms with Crippen LogP contribution in [0.4, 0.5) is 12.9 Å². The Bertz CT molecular complexity index is 160. The highest BCUT2D eigenvalue weighted by atomic mass is 19.4. The summed E-state index contributed by atoms with van der Waals surface area (Å²) in [6, 6.07) is 0. The van der Waals surface area contributed by atoms with Gasteiger partial charge in [0.25, 0.3) is 0 Å². The van der Waals surface area contributed by atoms with Gasteiger partial charge in [-0.2, -0.15) is 0 Å². The SMILES string of the molecule is CC1CCCCC1OC[B-](F)(F)F. The third kappa shape index (κ3) is 4.03. The van der Waals surface area contributed by atoms with Crippen molar-refractivity contribution < 1.29 is 17.7 Å². The number of rotatable bonds is 3. The molecule has 0 aromatic rings. The van der Waals surface area contributed by atoms with Crippen LogP contribution in [-0.2, 0) is 4.74 Å². The van der Waals surface area contributed by atoms with Crippen LogP contribution in [0.5, 0.6) is 0 Å². The van der Waals surface area contributed by atoms with Crippen molar-refractivity contribution in [1.29, 1.82) is 0 Å². The zero-order valence-electron chi connectivity index (χ0n) is 7.81. The molecule has 2 atom stereocenters. The highest BCUT2D eigenvalue weighted by molar-refractivity contribution is 6.58. The predicted molar refractivity (Wildman–Crippen MR) is 46.5 cm³/mol. The van der Waals surface area contributed by atoms with Crippen molar-refractivity contribution in [3.63, 3.8) is 0 Å². The van der Waals surface area contributed by atoms with Gasteiger partial charge < -0.3 is 17.7 Å². The Kier molecular flexibility index (Phi) is 3.65. The van der Waals surface area contributed by atoms with Crippen molar-refractivity contribution in [2.24, 2.45) is 5.92 Å². The Hall–Kier alpha value is -0.185. The molecule has 13 heavy (non-hydrogen) atoms. The largest absolute Gasteiger partial charge is 0.503 e. The molecule has 0 bridgehead atoms. The van der Waals surface area contributed by atoms with Crippen LogP contribution < -0.4 is 0 Å². The van der Waals surface area contributed by atoms with Gasteiger partial charge >= 0.3 is 6.98 Å². The summed E-state index contributed by atoms with van der Waals surface area (Å²) in [5, 5.41) is 0. The minimum atomic E-state index is -4.77. The van der Waals surface area contributed by atoms with E-state index in [2.05, 4.69) is 0 Å². The fourth-order valence-corrected chi connectivity index (χ4v) is 1.76. The second-order valence-corrected chi connectivity index (χ2v) is 3.84. The molecule has 0 amide bonds. The molecule has 0 radical (unpaired) electrons. The maximum Gasteiger partial charge on any atom is 0.503 e. The maximum absolute atomic E-state index is 11.9. The van der Waals surface area contributed by atoms with Gasteiger partial charge in [-0.3, -0.25) is 0 Å². The van der Waals surface area contributed by atoms with Crippen LogP contribution in [0.1, 0.15) is 32.6 Å². The van der Waals surface area contributed by atoms with Gasteiger partial charge in [-0.15, -0.1) is 0 Å². The summed E-state index contributed by atoms with van der Waals surface area (Å²) in [7, 11) is 0. The zero-order valence-corrected chi connectivity index (χ0v) is 7.81. The molecule has 0 N–H and O–H groups in total. The van der Waals surface area contributed by atoms with Crippen molar-refractivity contribution in [3.8, 4) is 0 Å². The van der Waals surface area contributed by atoms with E-state index in [1.807, 2.05) is 6.92 Å². The Morgan fingerprint density at radius 3 is 2.38 bits per heavy atom. The molecule has 0 spiro atoms. The summed E-state index contributed by atoms with van der Waals surface area (Å²) in [6.45, 7) is -3.84. The third-order valence-corrected chi connectivity index (χ3v) is 2.53. The summed E-state index contributed by atoms with van der Waals surface area (Å²) in [4.78, 5) is 0. The van der Waals surface area contributed by atoms with Crippen molar-refractivity contribution in [2.45, 2.75) is 38.7 Å². The minimum absolute atomic E-state index is 0.169. The first-order valence-electron chi connectivity index (χ1n) is 4.81. The standard InChI is InChI=1S/C8H15BF3O/c1-7-4-2-3-5-8(7)13-6-9(10,11)12/h7-8H,2-6H2,1H3/q-1. The molecule has 1 fully saturated rings. The van der Waals surface area contributed by atoms with Crippen LogP contribution in [-0.4, -0.2) is 19.6 Å².